The second-order valence-corrected chi connectivity index (χ2v) is 12.4. The molecule has 0 saturated heterocycles. The topological polar surface area (TPSA) is 110 Å². The van der Waals surface area contributed by atoms with Crippen LogP contribution < -0.4 is 0 Å². The maximum Gasteiger partial charge on any atom is 0.164 e. The summed E-state index contributed by atoms with van der Waals surface area (Å²) >= 11 is 0. The van der Waals surface area contributed by atoms with Crippen molar-refractivity contribution in [1.29, 1.82) is 15.8 Å². The van der Waals surface area contributed by atoms with Crippen molar-refractivity contribution in [3.63, 3.8) is 0 Å². The van der Waals surface area contributed by atoms with Gasteiger partial charge >= 0.3 is 0 Å². The molecule has 6 nitrogen and oxygen atoms in total. The zero-order valence-electron chi connectivity index (χ0n) is 27.7. The molecular weight excluding hydrogens is 625 g/mol. The van der Waals surface area contributed by atoms with Gasteiger partial charge in [-0.3, -0.25) is 0 Å². The van der Waals surface area contributed by atoms with Crippen molar-refractivity contribution in [2.24, 2.45) is 0 Å². The molecule has 0 radical (unpaired) electrons. The molecule has 0 aliphatic heterocycles. The minimum atomic E-state index is 0.586. The van der Waals surface area contributed by atoms with Gasteiger partial charge in [-0.05, 0) is 89.0 Å². The van der Waals surface area contributed by atoms with Crippen LogP contribution in [0, 0.1) is 34.0 Å². The number of hydrogen-bond donors (Lipinski definition) is 0. The molecule has 0 fully saturated rings. The normalized spacial score (nSPS) is 10.5. The SMILES string of the molecule is N#Cc1ccc(Cc2ccc(-c3nc(-c4ccc(Cc5ccc(C#N)cc5)cc4)nc(-c4ccc(Cc5ccc(C#N)cc5)cc4)n3)cc2)cc1. The van der Waals surface area contributed by atoms with Crippen molar-refractivity contribution < 1.29 is 0 Å². The van der Waals surface area contributed by atoms with Crippen LogP contribution in [0.3, 0.4) is 0 Å². The zero-order chi connectivity index (χ0) is 35.0. The van der Waals surface area contributed by atoms with E-state index in [4.69, 9.17) is 30.7 Å². The minimum absolute atomic E-state index is 0.586. The Labute approximate surface area is 297 Å². The molecule has 0 saturated carbocycles. The standard InChI is InChI=1S/C45H30N6/c46-28-37-7-1-31(2-8-37)25-34-13-19-40(20-14-34)43-49-44(41-21-15-35(16-22-41)26-32-3-9-38(29-47)10-4-32)51-45(50-43)42-23-17-36(18-24-42)27-33-5-11-39(30-48)12-6-33/h1-24H,25-27H2. The Morgan fingerprint density at radius 2 is 0.490 bits per heavy atom. The monoisotopic (exact) mass is 654 g/mol. The molecule has 0 spiro atoms. The van der Waals surface area contributed by atoms with Crippen LogP contribution in [0.15, 0.2) is 146 Å². The Balaban J connectivity index is 1.18. The average Bonchev–Trinajstić information content (AvgIpc) is 3.19. The average molecular weight is 655 g/mol. The Bertz CT molecular complexity index is 2120. The van der Waals surface area contributed by atoms with E-state index in [2.05, 4.69) is 54.6 Å². The first-order chi connectivity index (χ1) is 25.0. The number of nitriles is 3. The van der Waals surface area contributed by atoms with E-state index < -0.39 is 0 Å². The van der Waals surface area contributed by atoms with E-state index in [-0.39, 0.29) is 0 Å². The third kappa shape index (κ3) is 7.93. The molecule has 0 N–H and O–H groups in total. The fourth-order valence-electron chi connectivity index (χ4n) is 5.88. The van der Waals surface area contributed by atoms with Crippen molar-refractivity contribution in [3.05, 3.63) is 196 Å². The van der Waals surface area contributed by atoms with E-state index in [0.29, 0.717) is 34.2 Å². The van der Waals surface area contributed by atoms with Crippen molar-refractivity contribution in [2.75, 3.05) is 0 Å². The summed E-state index contributed by atoms with van der Waals surface area (Å²) in [6.07, 6.45) is 2.26. The van der Waals surface area contributed by atoms with Gasteiger partial charge in [-0.2, -0.15) is 15.8 Å². The van der Waals surface area contributed by atoms with E-state index in [1.165, 1.54) is 0 Å². The van der Waals surface area contributed by atoms with Gasteiger partial charge in [0.1, 0.15) is 0 Å². The van der Waals surface area contributed by atoms with Gasteiger partial charge in [-0.1, -0.05) is 109 Å². The molecule has 51 heavy (non-hydrogen) atoms. The maximum absolute atomic E-state index is 9.12. The van der Waals surface area contributed by atoms with Gasteiger partial charge in [0.05, 0.1) is 34.9 Å². The summed E-state index contributed by atoms with van der Waals surface area (Å²) in [6.45, 7) is 0. The molecule has 0 aliphatic rings. The van der Waals surface area contributed by atoms with E-state index >= 15 is 0 Å². The summed E-state index contributed by atoms with van der Waals surface area (Å²) < 4.78 is 0. The fraction of sp³-hybridized carbons (Fsp3) is 0.0667. The highest BCUT2D eigenvalue weighted by atomic mass is 15.0. The van der Waals surface area contributed by atoms with Gasteiger partial charge in [0.25, 0.3) is 0 Å². The molecule has 7 rings (SSSR count). The van der Waals surface area contributed by atoms with Gasteiger partial charge in [-0.25, -0.2) is 15.0 Å². The highest BCUT2D eigenvalue weighted by Gasteiger charge is 2.13. The van der Waals surface area contributed by atoms with Crippen LogP contribution >= 0.6 is 0 Å². The van der Waals surface area contributed by atoms with Gasteiger partial charge in [0.15, 0.2) is 17.5 Å². The highest BCUT2D eigenvalue weighted by molar-refractivity contribution is 5.67. The Hall–Kier alpha value is -7.20. The molecule has 6 aromatic carbocycles. The molecule has 0 bridgehead atoms. The Morgan fingerprint density at radius 1 is 0.294 bits per heavy atom. The van der Waals surface area contributed by atoms with Crippen molar-refractivity contribution in [3.8, 4) is 52.4 Å². The quantitative estimate of drug-likeness (QED) is 0.153. The smallest absolute Gasteiger partial charge is 0.164 e. The van der Waals surface area contributed by atoms with Crippen LogP contribution in [0.25, 0.3) is 34.2 Å². The zero-order valence-corrected chi connectivity index (χ0v) is 27.7. The van der Waals surface area contributed by atoms with Gasteiger partial charge in [0, 0.05) is 16.7 Å². The molecule has 0 unspecified atom stereocenters. The lowest BCUT2D eigenvalue weighted by Gasteiger charge is -2.10. The van der Waals surface area contributed by atoms with Crippen LogP contribution in [0.4, 0.5) is 0 Å². The largest absolute Gasteiger partial charge is 0.208 e. The number of aromatic nitrogens is 3. The lowest BCUT2D eigenvalue weighted by Crippen LogP contribution is -2.01. The van der Waals surface area contributed by atoms with Crippen LogP contribution in [-0.2, 0) is 19.3 Å². The third-order valence-electron chi connectivity index (χ3n) is 8.75. The number of benzene rings is 6. The molecule has 0 aliphatic carbocycles. The number of nitrogens with zero attached hydrogens (tertiary/aromatic N) is 6. The second kappa shape index (κ2) is 14.9. The van der Waals surface area contributed by atoms with Gasteiger partial charge in [-0.15, -0.1) is 0 Å². The molecule has 1 heterocycles. The number of rotatable bonds is 9. The minimum Gasteiger partial charge on any atom is -0.208 e. The van der Waals surface area contributed by atoms with Crippen molar-refractivity contribution >= 4 is 0 Å². The van der Waals surface area contributed by atoms with Crippen molar-refractivity contribution in [2.45, 2.75) is 19.3 Å². The third-order valence-corrected chi connectivity index (χ3v) is 8.75. The van der Waals surface area contributed by atoms with E-state index in [1.807, 2.05) is 109 Å². The predicted molar refractivity (Wildman–Crippen MR) is 198 cm³/mol. The summed E-state index contributed by atoms with van der Waals surface area (Å²) in [5.41, 5.74) is 11.5. The van der Waals surface area contributed by atoms with Gasteiger partial charge < -0.3 is 0 Å². The van der Waals surface area contributed by atoms with Crippen molar-refractivity contribution in [1.82, 2.24) is 15.0 Å². The van der Waals surface area contributed by atoms with Crippen LogP contribution in [-0.4, -0.2) is 15.0 Å². The van der Waals surface area contributed by atoms with Crippen LogP contribution in [0.5, 0.6) is 0 Å². The van der Waals surface area contributed by atoms with Gasteiger partial charge in [0.2, 0.25) is 0 Å². The maximum atomic E-state index is 9.12. The molecule has 240 valence electrons. The fourth-order valence-corrected chi connectivity index (χ4v) is 5.88. The first-order valence-corrected chi connectivity index (χ1v) is 16.6. The lowest BCUT2D eigenvalue weighted by atomic mass is 10.0. The first kappa shape index (κ1) is 32.4. The summed E-state index contributed by atoms with van der Waals surface area (Å²) in [5.74, 6) is 1.76. The molecule has 1 aromatic heterocycles. The van der Waals surface area contributed by atoms with E-state index in [0.717, 1.165) is 69.3 Å². The molecule has 0 atom stereocenters. The van der Waals surface area contributed by atoms with Crippen LogP contribution in [0.2, 0.25) is 0 Å². The highest BCUT2D eigenvalue weighted by Crippen LogP contribution is 2.27. The predicted octanol–water partition coefficient (Wildman–Crippen LogP) is 9.26. The second-order valence-electron chi connectivity index (χ2n) is 12.4. The van der Waals surface area contributed by atoms with E-state index in [9.17, 15) is 0 Å². The Kier molecular flexibility index (Phi) is 9.46. The van der Waals surface area contributed by atoms with E-state index in [1.54, 1.807) is 0 Å². The summed E-state index contributed by atoms with van der Waals surface area (Å²) in [4.78, 5) is 14.8. The molecule has 0 amide bonds. The van der Waals surface area contributed by atoms with Crippen LogP contribution in [0.1, 0.15) is 50.1 Å². The molecular formula is C45H30N6. The summed E-state index contributed by atoms with van der Waals surface area (Å²) in [5, 5.41) is 27.4. The summed E-state index contributed by atoms with van der Waals surface area (Å²) in [7, 11) is 0. The lowest BCUT2D eigenvalue weighted by molar-refractivity contribution is 1.07. The molecule has 7 aromatic rings. The first-order valence-electron chi connectivity index (χ1n) is 16.6. The number of hydrogen-bond acceptors (Lipinski definition) is 6. The summed E-state index contributed by atoms with van der Waals surface area (Å²) in [6, 6.07) is 54.3. The Morgan fingerprint density at radius 3 is 0.686 bits per heavy atom. The molecule has 6 heteroatoms.